The summed E-state index contributed by atoms with van der Waals surface area (Å²) < 4.78 is 24.7. The predicted molar refractivity (Wildman–Crippen MR) is 97.0 cm³/mol. The summed E-state index contributed by atoms with van der Waals surface area (Å²) >= 11 is 6.07. The summed E-state index contributed by atoms with van der Waals surface area (Å²) in [7, 11) is -3.38. The van der Waals surface area contributed by atoms with Gasteiger partial charge in [-0.3, -0.25) is 9.52 Å². The van der Waals surface area contributed by atoms with Crippen molar-refractivity contribution in [3.05, 3.63) is 64.7 Å². The van der Waals surface area contributed by atoms with Crippen molar-refractivity contribution in [3.8, 4) is 0 Å². The number of aryl methyl sites for hydroxylation is 1. The molecule has 0 unspecified atom stereocenters. The molecule has 0 atom stereocenters. The molecule has 0 saturated carbocycles. The maximum Gasteiger partial charge on any atom is 0.252 e. The Morgan fingerprint density at radius 1 is 1.12 bits per heavy atom. The van der Waals surface area contributed by atoms with Crippen LogP contribution < -0.4 is 10.0 Å². The molecule has 0 saturated heterocycles. The van der Waals surface area contributed by atoms with E-state index < -0.39 is 10.0 Å². The fourth-order valence-corrected chi connectivity index (χ4v) is 3.03. The van der Waals surface area contributed by atoms with Crippen molar-refractivity contribution < 1.29 is 13.2 Å². The molecule has 5 nitrogen and oxygen atoms in total. The van der Waals surface area contributed by atoms with Crippen molar-refractivity contribution in [2.75, 3.05) is 17.5 Å². The van der Waals surface area contributed by atoms with E-state index in [0.717, 1.165) is 19.1 Å². The van der Waals surface area contributed by atoms with Gasteiger partial charge >= 0.3 is 0 Å². The Hall–Kier alpha value is -2.05. The SMILES string of the molecule is CS(=O)(=O)Nc1ccc(C(=O)NCCCc2ccccc2)c(Cl)c1. The summed E-state index contributed by atoms with van der Waals surface area (Å²) in [6, 6.07) is 14.5. The van der Waals surface area contributed by atoms with Crippen molar-refractivity contribution >= 4 is 33.2 Å². The van der Waals surface area contributed by atoms with Gasteiger partial charge in [0, 0.05) is 12.2 Å². The third kappa shape index (κ3) is 5.86. The minimum atomic E-state index is -3.38. The molecule has 2 aromatic rings. The third-order valence-electron chi connectivity index (χ3n) is 3.29. The lowest BCUT2D eigenvalue weighted by Gasteiger charge is -2.09. The van der Waals surface area contributed by atoms with Crippen LogP contribution in [0.1, 0.15) is 22.3 Å². The molecular formula is C17H19ClN2O3S. The van der Waals surface area contributed by atoms with Crippen LogP contribution in [0.15, 0.2) is 48.5 Å². The van der Waals surface area contributed by atoms with Gasteiger partial charge in [0.2, 0.25) is 10.0 Å². The Balaban J connectivity index is 1.88. The number of hydrogen-bond donors (Lipinski definition) is 2. The van der Waals surface area contributed by atoms with Gasteiger partial charge < -0.3 is 5.32 Å². The van der Waals surface area contributed by atoms with Crippen LogP contribution in [0.25, 0.3) is 0 Å². The summed E-state index contributed by atoms with van der Waals surface area (Å²) in [5.41, 5.74) is 1.86. The Bertz CT molecular complexity index is 808. The van der Waals surface area contributed by atoms with Crippen LogP contribution >= 0.6 is 11.6 Å². The molecule has 2 N–H and O–H groups in total. The first-order valence-electron chi connectivity index (χ1n) is 7.44. The number of halogens is 1. The van der Waals surface area contributed by atoms with Crippen LogP contribution in [0.3, 0.4) is 0 Å². The number of nitrogens with one attached hydrogen (secondary N) is 2. The quantitative estimate of drug-likeness (QED) is 0.739. The molecule has 0 aliphatic rings. The second-order valence-corrected chi connectivity index (χ2v) is 7.57. The van der Waals surface area contributed by atoms with Crippen molar-refractivity contribution in [1.29, 1.82) is 0 Å². The molecule has 24 heavy (non-hydrogen) atoms. The van der Waals surface area contributed by atoms with Crippen LogP contribution in [-0.2, 0) is 16.4 Å². The van der Waals surface area contributed by atoms with E-state index in [1.807, 2.05) is 30.3 Å². The summed E-state index contributed by atoms with van der Waals surface area (Å²) in [5.74, 6) is -0.279. The highest BCUT2D eigenvalue weighted by Crippen LogP contribution is 2.21. The monoisotopic (exact) mass is 366 g/mol. The van der Waals surface area contributed by atoms with Crippen molar-refractivity contribution in [2.45, 2.75) is 12.8 Å². The lowest BCUT2D eigenvalue weighted by molar-refractivity contribution is 0.0953. The highest BCUT2D eigenvalue weighted by Gasteiger charge is 2.11. The molecule has 2 rings (SSSR count). The fraction of sp³-hybridized carbons (Fsp3) is 0.235. The van der Waals surface area contributed by atoms with Crippen LogP contribution in [0.4, 0.5) is 5.69 Å². The number of hydrogen-bond acceptors (Lipinski definition) is 3. The minimum Gasteiger partial charge on any atom is -0.352 e. The van der Waals surface area contributed by atoms with E-state index in [-0.39, 0.29) is 10.9 Å². The number of amides is 1. The molecule has 0 aliphatic carbocycles. The Morgan fingerprint density at radius 2 is 1.83 bits per heavy atom. The van der Waals surface area contributed by atoms with Gasteiger partial charge in [-0.2, -0.15) is 0 Å². The minimum absolute atomic E-state index is 0.198. The molecule has 0 radical (unpaired) electrons. The molecule has 0 aromatic heterocycles. The van der Waals surface area contributed by atoms with Gasteiger partial charge in [0.25, 0.3) is 5.91 Å². The summed E-state index contributed by atoms with van der Waals surface area (Å²) in [6.07, 6.45) is 2.75. The van der Waals surface area contributed by atoms with Crippen molar-refractivity contribution in [2.24, 2.45) is 0 Å². The normalized spacial score (nSPS) is 11.1. The molecule has 7 heteroatoms. The predicted octanol–water partition coefficient (Wildman–Crippen LogP) is 3.07. The Morgan fingerprint density at radius 3 is 2.46 bits per heavy atom. The average molecular weight is 367 g/mol. The summed E-state index contributed by atoms with van der Waals surface area (Å²) in [5, 5.41) is 3.01. The lowest BCUT2D eigenvalue weighted by atomic mass is 10.1. The van der Waals surface area contributed by atoms with E-state index >= 15 is 0 Å². The zero-order valence-electron chi connectivity index (χ0n) is 13.3. The van der Waals surface area contributed by atoms with Gasteiger partial charge in [-0.05, 0) is 36.6 Å². The first kappa shape index (κ1) is 18.3. The van der Waals surface area contributed by atoms with Gasteiger partial charge in [0.1, 0.15) is 0 Å². The molecule has 0 spiro atoms. The number of carbonyl (C=O) groups is 1. The van der Waals surface area contributed by atoms with E-state index in [0.29, 0.717) is 17.8 Å². The zero-order valence-corrected chi connectivity index (χ0v) is 14.8. The average Bonchev–Trinajstić information content (AvgIpc) is 2.51. The van der Waals surface area contributed by atoms with Gasteiger partial charge in [-0.25, -0.2) is 8.42 Å². The molecule has 2 aromatic carbocycles. The first-order valence-corrected chi connectivity index (χ1v) is 9.71. The van der Waals surface area contributed by atoms with E-state index in [4.69, 9.17) is 11.6 Å². The number of carbonyl (C=O) groups excluding carboxylic acids is 1. The standard InChI is InChI=1S/C17H19ClN2O3S/c1-24(22,23)20-14-9-10-15(16(18)12-14)17(21)19-11-5-8-13-6-3-2-4-7-13/h2-4,6-7,9-10,12,20H,5,8,11H2,1H3,(H,19,21). The van der Waals surface area contributed by atoms with Crippen LogP contribution in [0.2, 0.25) is 5.02 Å². The first-order chi connectivity index (χ1) is 11.3. The van der Waals surface area contributed by atoms with Crippen LogP contribution in [-0.4, -0.2) is 27.1 Å². The zero-order chi connectivity index (χ0) is 17.6. The van der Waals surface area contributed by atoms with E-state index in [1.54, 1.807) is 0 Å². The number of sulfonamides is 1. The molecule has 0 fully saturated rings. The molecule has 0 aliphatic heterocycles. The second-order valence-electron chi connectivity index (χ2n) is 5.41. The number of anilines is 1. The molecule has 0 bridgehead atoms. The van der Waals surface area contributed by atoms with Crippen molar-refractivity contribution in [1.82, 2.24) is 5.32 Å². The number of rotatable bonds is 7. The summed E-state index contributed by atoms with van der Waals surface area (Å²) in [4.78, 5) is 12.1. The maximum absolute atomic E-state index is 12.1. The third-order valence-corrected chi connectivity index (χ3v) is 4.21. The van der Waals surface area contributed by atoms with Gasteiger partial charge in [-0.1, -0.05) is 41.9 Å². The topological polar surface area (TPSA) is 75.3 Å². The molecular weight excluding hydrogens is 348 g/mol. The van der Waals surface area contributed by atoms with Crippen LogP contribution in [0.5, 0.6) is 0 Å². The van der Waals surface area contributed by atoms with Gasteiger partial charge in [0.05, 0.1) is 16.8 Å². The van der Waals surface area contributed by atoms with Gasteiger partial charge in [0.15, 0.2) is 0 Å². The Labute approximate surface area is 147 Å². The van der Waals surface area contributed by atoms with Crippen molar-refractivity contribution in [3.63, 3.8) is 0 Å². The smallest absolute Gasteiger partial charge is 0.252 e. The summed E-state index contributed by atoms with van der Waals surface area (Å²) in [6.45, 7) is 0.535. The molecule has 0 heterocycles. The Kier molecular flexibility index (Phi) is 6.23. The van der Waals surface area contributed by atoms with E-state index in [1.165, 1.54) is 23.8 Å². The lowest BCUT2D eigenvalue weighted by Crippen LogP contribution is -2.25. The number of benzene rings is 2. The van der Waals surface area contributed by atoms with E-state index in [2.05, 4.69) is 10.0 Å². The maximum atomic E-state index is 12.1. The largest absolute Gasteiger partial charge is 0.352 e. The molecule has 128 valence electrons. The highest BCUT2D eigenvalue weighted by molar-refractivity contribution is 7.92. The van der Waals surface area contributed by atoms with E-state index in [9.17, 15) is 13.2 Å². The van der Waals surface area contributed by atoms with Gasteiger partial charge in [-0.15, -0.1) is 0 Å². The fourth-order valence-electron chi connectivity index (χ4n) is 2.21. The highest BCUT2D eigenvalue weighted by atomic mass is 35.5. The molecule has 1 amide bonds. The van der Waals surface area contributed by atoms with Crippen LogP contribution in [0, 0.1) is 0 Å². The second kappa shape index (κ2) is 8.17.